The minimum Gasteiger partial charge on any atom is -0.368 e. The van der Waals surface area contributed by atoms with Gasteiger partial charge < -0.3 is 15.1 Å². The highest BCUT2D eigenvalue weighted by molar-refractivity contribution is 5.85. The molecule has 0 spiro atoms. The second-order valence-corrected chi connectivity index (χ2v) is 6.99. The second kappa shape index (κ2) is 7.07. The zero-order chi connectivity index (χ0) is 18.0. The van der Waals surface area contributed by atoms with Crippen molar-refractivity contribution < 1.29 is 9.18 Å². The number of halogens is 1. The molecule has 2 saturated heterocycles. The SMILES string of the molecule is O=C(N1CCN(c2ccc(F)cc2)CC1)C1(n2cccn2)CCNCC1. The number of rotatable bonds is 3. The molecule has 1 N–H and O–H groups in total. The Hall–Kier alpha value is -2.41. The zero-order valence-electron chi connectivity index (χ0n) is 14.8. The summed E-state index contributed by atoms with van der Waals surface area (Å²) >= 11 is 0. The Kier molecular flexibility index (Phi) is 4.63. The van der Waals surface area contributed by atoms with E-state index in [0.29, 0.717) is 13.1 Å². The second-order valence-electron chi connectivity index (χ2n) is 6.99. The molecule has 1 amide bonds. The molecule has 0 bridgehead atoms. The molecule has 7 heteroatoms. The van der Waals surface area contributed by atoms with Crippen LogP contribution in [0.25, 0.3) is 0 Å². The van der Waals surface area contributed by atoms with E-state index in [2.05, 4.69) is 15.3 Å². The molecular weight excluding hydrogens is 333 g/mol. The lowest BCUT2D eigenvalue weighted by atomic mass is 9.86. The molecule has 6 nitrogen and oxygen atoms in total. The van der Waals surface area contributed by atoms with Gasteiger partial charge in [0.2, 0.25) is 0 Å². The number of benzene rings is 1. The summed E-state index contributed by atoms with van der Waals surface area (Å²) in [4.78, 5) is 17.6. The van der Waals surface area contributed by atoms with Crippen molar-refractivity contribution in [2.75, 3.05) is 44.2 Å². The topological polar surface area (TPSA) is 53.4 Å². The van der Waals surface area contributed by atoms with Gasteiger partial charge in [-0.1, -0.05) is 0 Å². The molecule has 0 saturated carbocycles. The smallest absolute Gasteiger partial charge is 0.250 e. The average molecular weight is 357 g/mol. The number of carbonyl (C=O) groups excluding carboxylic acids is 1. The first-order chi connectivity index (χ1) is 12.7. The van der Waals surface area contributed by atoms with Crippen molar-refractivity contribution in [2.24, 2.45) is 0 Å². The van der Waals surface area contributed by atoms with Crippen LogP contribution in [0, 0.1) is 5.82 Å². The number of amides is 1. The minimum atomic E-state index is -0.577. The quantitative estimate of drug-likeness (QED) is 0.903. The van der Waals surface area contributed by atoms with Crippen LogP contribution in [0.3, 0.4) is 0 Å². The van der Waals surface area contributed by atoms with Crippen LogP contribution in [0.4, 0.5) is 10.1 Å². The summed E-state index contributed by atoms with van der Waals surface area (Å²) in [7, 11) is 0. The molecule has 2 aromatic rings. The average Bonchev–Trinajstić information content (AvgIpc) is 3.24. The Balaban J connectivity index is 1.47. The number of nitrogens with zero attached hydrogens (tertiary/aromatic N) is 4. The van der Waals surface area contributed by atoms with Crippen molar-refractivity contribution in [1.82, 2.24) is 20.0 Å². The van der Waals surface area contributed by atoms with Gasteiger partial charge in [0.05, 0.1) is 0 Å². The molecule has 0 unspecified atom stereocenters. The molecule has 1 aromatic heterocycles. The van der Waals surface area contributed by atoms with Crippen molar-refractivity contribution >= 4 is 11.6 Å². The van der Waals surface area contributed by atoms with Gasteiger partial charge in [-0.25, -0.2) is 4.39 Å². The maximum absolute atomic E-state index is 13.4. The number of aromatic nitrogens is 2. The van der Waals surface area contributed by atoms with Crippen LogP contribution in [0.5, 0.6) is 0 Å². The number of piperazine rings is 1. The maximum atomic E-state index is 13.4. The lowest BCUT2D eigenvalue weighted by Crippen LogP contribution is -2.59. The van der Waals surface area contributed by atoms with Gasteiger partial charge in [0.1, 0.15) is 11.4 Å². The van der Waals surface area contributed by atoms with Crippen LogP contribution in [0.2, 0.25) is 0 Å². The van der Waals surface area contributed by atoms with Crippen molar-refractivity contribution in [1.29, 1.82) is 0 Å². The predicted octanol–water partition coefficient (Wildman–Crippen LogP) is 1.45. The largest absolute Gasteiger partial charge is 0.368 e. The Bertz CT molecular complexity index is 732. The number of anilines is 1. The van der Waals surface area contributed by atoms with Crippen molar-refractivity contribution in [3.63, 3.8) is 0 Å². The number of nitrogens with one attached hydrogen (secondary N) is 1. The highest BCUT2D eigenvalue weighted by Crippen LogP contribution is 2.30. The number of hydrogen-bond acceptors (Lipinski definition) is 4. The van der Waals surface area contributed by atoms with Gasteiger partial charge in [-0.05, 0) is 56.3 Å². The number of hydrogen-bond donors (Lipinski definition) is 1. The lowest BCUT2D eigenvalue weighted by Gasteiger charge is -2.43. The molecule has 2 aliphatic heterocycles. The van der Waals surface area contributed by atoms with E-state index in [1.165, 1.54) is 12.1 Å². The summed E-state index contributed by atoms with van der Waals surface area (Å²) in [5.74, 6) is -0.0592. The van der Waals surface area contributed by atoms with E-state index in [-0.39, 0.29) is 11.7 Å². The molecule has 0 aliphatic carbocycles. The third-order valence-corrected chi connectivity index (χ3v) is 5.53. The summed E-state index contributed by atoms with van der Waals surface area (Å²) in [5.41, 5.74) is 0.425. The molecule has 2 aliphatic rings. The molecule has 26 heavy (non-hydrogen) atoms. The fourth-order valence-corrected chi connectivity index (χ4v) is 4.02. The van der Waals surface area contributed by atoms with E-state index in [4.69, 9.17) is 0 Å². The molecule has 4 rings (SSSR count). The van der Waals surface area contributed by atoms with Gasteiger partial charge in [-0.15, -0.1) is 0 Å². The first-order valence-corrected chi connectivity index (χ1v) is 9.20. The van der Waals surface area contributed by atoms with Crippen LogP contribution < -0.4 is 10.2 Å². The summed E-state index contributed by atoms with van der Waals surface area (Å²) in [6.45, 7) is 4.50. The highest BCUT2D eigenvalue weighted by atomic mass is 19.1. The van der Waals surface area contributed by atoms with Gasteiger partial charge in [0.25, 0.3) is 5.91 Å². The first kappa shape index (κ1) is 17.0. The van der Waals surface area contributed by atoms with Crippen LogP contribution in [0.15, 0.2) is 42.7 Å². The van der Waals surface area contributed by atoms with E-state index in [1.54, 1.807) is 18.3 Å². The van der Waals surface area contributed by atoms with Crippen molar-refractivity contribution in [3.05, 3.63) is 48.5 Å². The molecule has 2 fully saturated rings. The number of piperidine rings is 1. The summed E-state index contributed by atoms with van der Waals surface area (Å²) < 4.78 is 15.0. The fraction of sp³-hybridized carbons (Fsp3) is 0.474. The first-order valence-electron chi connectivity index (χ1n) is 9.20. The third-order valence-electron chi connectivity index (χ3n) is 5.53. The van der Waals surface area contributed by atoms with Crippen molar-refractivity contribution in [3.8, 4) is 0 Å². The summed E-state index contributed by atoms with van der Waals surface area (Å²) in [5, 5.41) is 7.74. The van der Waals surface area contributed by atoms with Crippen LogP contribution >= 0.6 is 0 Å². The number of carbonyl (C=O) groups is 1. The maximum Gasteiger partial charge on any atom is 0.250 e. The molecular formula is C19H24FN5O. The van der Waals surface area contributed by atoms with Gasteiger partial charge in [-0.2, -0.15) is 5.10 Å². The monoisotopic (exact) mass is 357 g/mol. The minimum absolute atomic E-state index is 0.168. The molecule has 0 atom stereocenters. The zero-order valence-corrected chi connectivity index (χ0v) is 14.8. The molecule has 0 radical (unpaired) electrons. The Morgan fingerprint density at radius 1 is 1.08 bits per heavy atom. The van der Waals surface area contributed by atoms with E-state index < -0.39 is 5.54 Å². The van der Waals surface area contributed by atoms with Gasteiger partial charge in [0.15, 0.2) is 0 Å². The van der Waals surface area contributed by atoms with Gasteiger partial charge in [-0.3, -0.25) is 9.48 Å². The fourth-order valence-electron chi connectivity index (χ4n) is 4.02. The summed E-state index contributed by atoms with van der Waals surface area (Å²) in [6.07, 6.45) is 5.15. The predicted molar refractivity (Wildman–Crippen MR) is 97.5 cm³/mol. The molecule has 138 valence electrons. The van der Waals surface area contributed by atoms with Crippen LogP contribution in [-0.4, -0.2) is 59.9 Å². The third kappa shape index (κ3) is 3.07. The van der Waals surface area contributed by atoms with Crippen LogP contribution in [0.1, 0.15) is 12.8 Å². The standard InChI is InChI=1S/C19H24FN5O/c20-16-2-4-17(5-3-16)23-12-14-24(15-13-23)18(26)19(6-9-21-10-7-19)25-11-1-8-22-25/h1-5,8,11,21H,6-7,9-10,12-15H2. The van der Waals surface area contributed by atoms with Crippen LogP contribution in [-0.2, 0) is 10.3 Å². The van der Waals surface area contributed by atoms with E-state index in [9.17, 15) is 9.18 Å². The normalized spacial score (nSPS) is 20.2. The Morgan fingerprint density at radius 3 is 2.38 bits per heavy atom. The highest BCUT2D eigenvalue weighted by Gasteiger charge is 2.44. The van der Waals surface area contributed by atoms with E-state index >= 15 is 0 Å². The van der Waals surface area contributed by atoms with E-state index in [0.717, 1.165) is 44.7 Å². The molecule has 3 heterocycles. The summed E-state index contributed by atoms with van der Waals surface area (Å²) in [6, 6.07) is 8.43. The lowest BCUT2D eigenvalue weighted by molar-refractivity contribution is -0.143. The van der Waals surface area contributed by atoms with E-state index in [1.807, 2.05) is 21.8 Å². The Morgan fingerprint density at radius 2 is 1.77 bits per heavy atom. The van der Waals surface area contributed by atoms with Crippen molar-refractivity contribution in [2.45, 2.75) is 18.4 Å². The molecule has 1 aromatic carbocycles. The van der Waals surface area contributed by atoms with Gasteiger partial charge >= 0.3 is 0 Å². The van der Waals surface area contributed by atoms with Gasteiger partial charge in [0, 0.05) is 44.3 Å². The Labute approximate surface area is 152 Å².